The first kappa shape index (κ1) is 18.0. The second-order valence-electron chi connectivity index (χ2n) is 5.76. The number of carbonyl (C=O) groups is 3. The lowest BCUT2D eigenvalue weighted by atomic mass is 10.2. The van der Waals surface area contributed by atoms with E-state index >= 15 is 0 Å². The summed E-state index contributed by atoms with van der Waals surface area (Å²) in [5.41, 5.74) is 0.762. The second kappa shape index (κ2) is 8.03. The van der Waals surface area contributed by atoms with Crippen LogP contribution in [0.2, 0.25) is 5.02 Å². The number of benzene rings is 1. The van der Waals surface area contributed by atoms with Crippen molar-refractivity contribution >= 4 is 46.5 Å². The minimum absolute atomic E-state index is 0.0173. The fourth-order valence-corrected chi connectivity index (χ4v) is 3.54. The molecule has 2 heterocycles. The summed E-state index contributed by atoms with van der Waals surface area (Å²) in [6.07, 6.45) is 3.53. The van der Waals surface area contributed by atoms with Gasteiger partial charge in [-0.25, -0.2) is 0 Å². The predicted octanol–water partition coefficient (Wildman–Crippen LogP) is 2.67. The van der Waals surface area contributed by atoms with Gasteiger partial charge in [0.2, 0.25) is 5.91 Å². The molecule has 3 rings (SSSR count). The molecule has 2 fully saturated rings. The van der Waals surface area contributed by atoms with Crippen LogP contribution in [0.1, 0.15) is 18.4 Å². The number of carbonyl (C=O) groups excluding carboxylic acids is 3. The first-order valence-electron chi connectivity index (χ1n) is 7.92. The number of nitrogens with zero attached hydrogens (tertiary/aromatic N) is 1. The highest BCUT2D eigenvalue weighted by Gasteiger charge is 2.36. The average Bonchev–Trinajstić information content (AvgIpc) is 3.19. The Kier molecular flexibility index (Phi) is 5.78. The maximum Gasteiger partial charge on any atom is 0.294 e. The van der Waals surface area contributed by atoms with Crippen LogP contribution in [0, 0.1) is 0 Å². The molecule has 132 valence electrons. The summed E-state index contributed by atoms with van der Waals surface area (Å²) in [5.74, 6) is -0.831. The van der Waals surface area contributed by atoms with E-state index in [-0.39, 0.29) is 18.6 Å². The Bertz CT molecular complexity index is 714. The fourth-order valence-electron chi connectivity index (χ4n) is 2.58. The third kappa shape index (κ3) is 4.62. The van der Waals surface area contributed by atoms with Gasteiger partial charge in [-0.05, 0) is 48.4 Å². The van der Waals surface area contributed by atoms with Crippen molar-refractivity contribution < 1.29 is 19.1 Å². The number of nitrogens with one attached hydrogen (secondary N) is 1. The number of hydrogen-bond acceptors (Lipinski definition) is 5. The summed E-state index contributed by atoms with van der Waals surface area (Å²) in [5, 5.41) is 2.85. The zero-order valence-corrected chi connectivity index (χ0v) is 14.9. The third-order valence-corrected chi connectivity index (χ3v) is 5.05. The first-order chi connectivity index (χ1) is 12.0. The Morgan fingerprint density at radius 2 is 2.12 bits per heavy atom. The average molecular weight is 381 g/mol. The van der Waals surface area contributed by atoms with Crippen LogP contribution in [-0.2, 0) is 14.3 Å². The molecular weight excluding hydrogens is 364 g/mol. The van der Waals surface area contributed by atoms with E-state index in [1.54, 1.807) is 30.3 Å². The lowest BCUT2D eigenvalue weighted by Crippen LogP contribution is -2.41. The first-order valence-corrected chi connectivity index (χ1v) is 9.11. The number of rotatable bonds is 5. The van der Waals surface area contributed by atoms with E-state index in [1.807, 2.05) is 0 Å². The van der Waals surface area contributed by atoms with Crippen molar-refractivity contribution in [2.45, 2.75) is 18.9 Å². The quantitative estimate of drug-likeness (QED) is 0.795. The summed E-state index contributed by atoms with van der Waals surface area (Å²) < 4.78 is 5.42. The van der Waals surface area contributed by atoms with Crippen LogP contribution >= 0.6 is 23.4 Å². The van der Waals surface area contributed by atoms with Crippen molar-refractivity contribution in [1.82, 2.24) is 10.2 Å². The van der Waals surface area contributed by atoms with Crippen LogP contribution < -0.4 is 5.32 Å². The van der Waals surface area contributed by atoms with Crippen molar-refractivity contribution in [2.75, 3.05) is 19.7 Å². The number of thioether (sulfide) groups is 1. The molecule has 2 aliphatic heterocycles. The maximum absolute atomic E-state index is 12.4. The van der Waals surface area contributed by atoms with E-state index in [4.69, 9.17) is 16.3 Å². The topological polar surface area (TPSA) is 75.7 Å². The molecule has 8 heteroatoms. The molecule has 25 heavy (non-hydrogen) atoms. The number of halogens is 1. The molecular formula is C17H17ClN2O4S. The highest BCUT2D eigenvalue weighted by atomic mass is 35.5. The SMILES string of the molecule is O=C(CN1C(=O)S/C(=C\c2ccc(Cl)cc2)C1=O)NC[C@H]1CCCO1. The van der Waals surface area contributed by atoms with Crippen molar-refractivity contribution in [1.29, 1.82) is 0 Å². The normalized spacial score (nSPS) is 22.0. The number of imide groups is 1. The summed E-state index contributed by atoms with van der Waals surface area (Å²) in [6.45, 7) is 0.824. The smallest absolute Gasteiger partial charge is 0.294 e. The second-order valence-corrected chi connectivity index (χ2v) is 7.19. The summed E-state index contributed by atoms with van der Waals surface area (Å²) >= 11 is 6.66. The molecule has 1 N–H and O–H groups in total. The van der Waals surface area contributed by atoms with Gasteiger partial charge in [0.1, 0.15) is 6.54 Å². The molecule has 0 spiro atoms. The third-order valence-electron chi connectivity index (χ3n) is 3.89. The van der Waals surface area contributed by atoms with Crippen LogP contribution in [0.15, 0.2) is 29.2 Å². The van der Waals surface area contributed by atoms with Crippen LogP contribution in [0.3, 0.4) is 0 Å². The molecule has 0 unspecified atom stereocenters. The minimum Gasteiger partial charge on any atom is -0.376 e. The van der Waals surface area contributed by atoms with Gasteiger partial charge in [-0.2, -0.15) is 0 Å². The Balaban J connectivity index is 1.58. The van der Waals surface area contributed by atoms with Crippen molar-refractivity contribution in [2.24, 2.45) is 0 Å². The molecule has 0 bridgehead atoms. The molecule has 2 aliphatic rings. The number of amides is 3. The standard InChI is InChI=1S/C17H17ClN2O4S/c18-12-5-3-11(4-6-12)8-14-16(22)20(17(23)25-14)10-15(21)19-9-13-2-1-7-24-13/h3-6,8,13H,1-2,7,9-10H2,(H,19,21)/b14-8-/t13-/m1/s1. The fraction of sp³-hybridized carbons (Fsp3) is 0.353. The van der Waals surface area contributed by atoms with E-state index in [2.05, 4.69) is 5.32 Å². The molecule has 1 aromatic rings. The number of ether oxygens (including phenoxy) is 1. The van der Waals surface area contributed by atoms with Gasteiger partial charge in [-0.3, -0.25) is 19.3 Å². The molecule has 3 amide bonds. The number of hydrogen-bond donors (Lipinski definition) is 1. The molecule has 0 saturated carbocycles. The van der Waals surface area contributed by atoms with E-state index < -0.39 is 11.1 Å². The van der Waals surface area contributed by atoms with Crippen molar-refractivity contribution in [3.8, 4) is 0 Å². The lowest BCUT2D eigenvalue weighted by Gasteiger charge is -2.14. The lowest BCUT2D eigenvalue weighted by molar-refractivity contribution is -0.129. The van der Waals surface area contributed by atoms with Gasteiger partial charge in [-0.15, -0.1) is 0 Å². The molecule has 1 aromatic carbocycles. The highest BCUT2D eigenvalue weighted by Crippen LogP contribution is 2.32. The van der Waals surface area contributed by atoms with E-state index in [0.29, 0.717) is 23.1 Å². The van der Waals surface area contributed by atoms with E-state index in [0.717, 1.165) is 35.1 Å². The maximum atomic E-state index is 12.4. The molecule has 0 aliphatic carbocycles. The van der Waals surface area contributed by atoms with Crippen LogP contribution in [-0.4, -0.2) is 47.8 Å². The summed E-state index contributed by atoms with van der Waals surface area (Å²) in [4.78, 5) is 37.6. The minimum atomic E-state index is -0.461. The van der Waals surface area contributed by atoms with E-state index in [9.17, 15) is 14.4 Å². The van der Waals surface area contributed by atoms with Crippen LogP contribution in [0.25, 0.3) is 6.08 Å². The Hall–Kier alpha value is -1.83. The van der Waals surface area contributed by atoms with Gasteiger partial charge < -0.3 is 10.1 Å². The zero-order valence-electron chi connectivity index (χ0n) is 13.4. The van der Waals surface area contributed by atoms with Gasteiger partial charge in [-0.1, -0.05) is 23.7 Å². The van der Waals surface area contributed by atoms with Crippen LogP contribution in [0.5, 0.6) is 0 Å². The summed E-state index contributed by atoms with van der Waals surface area (Å²) in [6, 6.07) is 6.92. The van der Waals surface area contributed by atoms with Gasteiger partial charge >= 0.3 is 0 Å². The zero-order chi connectivity index (χ0) is 17.8. The molecule has 2 saturated heterocycles. The van der Waals surface area contributed by atoms with Gasteiger partial charge in [0.05, 0.1) is 11.0 Å². The van der Waals surface area contributed by atoms with Gasteiger partial charge in [0, 0.05) is 18.2 Å². The van der Waals surface area contributed by atoms with Crippen molar-refractivity contribution in [3.05, 3.63) is 39.8 Å². The Morgan fingerprint density at radius 1 is 1.36 bits per heavy atom. The predicted molar refractivity (Wildman–Crippen MR) is 96.1 cm³/mol. The molecule has 1 atom stereocenters. The molecule has 0 aromatic heterocycles. The monoisotopic (exact) mass is 380 g/mol. The Morgan fingerprint density at radius 3 is 2.80 bits per heavy atom. The Labute approximate surface area is 154 Å². The summed E-state index contributed by atoms with van der Waals surface area (Å²) in [7, 11) is 0. The molecule has 0 radical (unpaired) electrons. The largest absolute Gasteiger partial charge is 0.376 e. The van der Waals surface area contributed by atoms with Crippen molar-refractivity contribution in [3.63, 3.8) is 0 Å². The highest BCUT2D eigenvalue weighted by molar-refractivity contribution is 8.18. The van der Waals surface area contributed by atoms with E-state index in [1.165, 1.54) is 0 Å². The molecule has 6 nitrogen and oxygen atoms in total. The van der Waals surface area contributed by atoms with Gasteiger partial charge in [0.15, 0.2) is 0 Å². The van der Waals surface area contributed by atoms with Crippen LogP contribution in [0.4, 0.5) is 4.79 Å². The van der Waals surface area contributed by atoms with Gasteiger partial charge in [0.25, 0.3) is 11.1 Å².